The zero-order valence-electron chi connectivity index (χ0n) is 6.69. The van der Waals surface area contributed by atoms with Crippen LogP contribution in [0.1, 0.15) is 18.4 Å². The summed E-state index contributed by atoms with van der Waals surface area (Å²) in [7, 11) is 0. The lowest BCUT2D eigenvalue weighted by Crippen LogP contribution is -2.08. The lowest BCUT2D eigenvalue weighted by Gasteiger charge is -2.10. The molecule has 1 aromatic heterocycles. The van der Waals surface area contributed by atoms with Gasteiger partial charge in [0.1, 0.15) is 5.15 Å². The number of aromatic nitrogens is 2. The third kappa shape index (κ3) is 3.13. The van der Waals surface area contributed by atoms with Crippen LogP contribution in [0.5, 0.6) is 0 Å². The number of hydrogen-bond acceptors (Lipinski definition) is 2. The van der Waals surface area contributed by atoms with Gasteiger partial charge >= 0.3 is 0 Å². The maximum Gasteiger partial charge on any atom is 0.250 e. The summed E-state index contributed by atoms with van der Waals surface area (Å²) in [5.41, 5.74) is 0.751. The van der Waals surface area contributed by atoms with Gasteiger partial charge in [0.15, 0.2) is 5.82 Å². The molecule has 0 atom stereocenters. The van der Waals surface area contributed by atoms with Crippen LogP contribution < -0.4 is 0 Å². The molecule has 1 rings (SSSR count). The van der Waals surface area contributed by atoms with Crippen LogP contribution in [0.3, 0.4) is 0 Å². The average molecular weight is 260 g/mol. The largest absolute Gasteiger partial charge is 0.250 e. The van der Waals surface area contributed by atoms with Gasteiger partial charge in [-0.05, 0) is 12.5 Å². The van der Waals surface area contributed by atoms with Crippen molar-refractivity contribution in [1.82, 2.24) is 9.97 Å². The van der Waals surface area contributed by atoms with Crippen LogP contribution >= 0.6 is 46.4 Å². The molecule has 0 aliphatic carbocycles. The number of hydrogen-bond donors (Lipinski definition) is 0. The van der Waals surface area contributed by atoms with Gasteiger partial charge in [0.25, 0.3) is 0 Å². The Hall–Kier alpha value is 0.240. The first-order valence-corrected chi connectivity index (χ1v) is 5.05. The van der Waals surface area contributed by atoms with Crippen molar-refractivity contribution in [3.05, 3.63) is 22.7 Å². The number of nitrogens with zero attached hydrogens (tertiary/aromatic N) is 2. The molecule has 0 spiro atoms. The summed E-state index contributed by atoms with van der Waals surface area (Å²) in [4.78, 5) is 7.84. The van der Waals surface area contributed by atoms with E-state index in [0.29, 0.717) is 0 Å². The highest BCUT2D eigenvalue weighted by molar-refractivity contribution is 6.66. The summed E-state index contributed by atoms with van der Waals surface area (Å²) in [5, 5.41) is 0.285. The average Bonchev–Trinajstić information content (AvgIpc) is 2.01. The Morgan fingerprint density at radius 1 is 1.31 bits per heavy atom. The highest BCUT2D eigenvalue weighted by Gasteiger charge is 2.27. The Labute approximate surface area is 96.2 Å². The highest BCUT2D eigenvalue weighted by atomic mass is 35.6. The molecule has 0 amide bonds. The van der Waals surface area contributed by atoms with E-state index in [0.717, 1.165) is 12.1 Å². The molecular formula is C7H6Cl4N2. The quantitative estimate of drug-likeness (QED) is 0.570. The van der Waals surface area contributed by atoms with Gasteiger partial charge in [-0.3, -0.25) is 0 Å². The zero-order chi connectivity index (χ0) is 10.1. The van der Waals surface area contributed by atoms with Crippen molar-refractivity contribution in [2.24, 2.45) is 0 Å². The molecule has 0 saturated carbocycles. The lowest BCUT2D eigenvalue weighted by molar-refractivity contribution is 0.904. The number of alkyl halides is 3. The molecule has 0 unspecified atom stereocenters. The molecule has 0 fully saturated rings. The van der Waals surface area contributed by atoms with Gasteiger partial charge in [-0.1, -0.05) is 53.3 Å². The number of aryl methyl sites for hydroxylation is 1. The standard InChI is InChI=1S/C7H6Cl4N2/c1-2-4-3-5(8)13-6(12-4)7(9,10)11/h3H,2H2,1H3. The van der Waals surface area contributed by atoms with Gasteiger partial charge in [0.2, 0.25) is 3.79 Å². The fourth-order valence-corrected chi connectivity index (χ4v) is 1.23. The van der Waals surface area contributed by atoms with E-state index >= 15 is 0 Å². The van der Waals surface area contributed by atoms with Gasteiger partial charge in [-0.15, -0.1) is 0 Å². The second kappa shape index (κ2) is 4.18. The van der Waals surface area contributed by atoms with Crippen molar-refractivity contribution < 1.29 is 0 Å². The zero-order valence-corrected chi connectivity index (χ0v) is 9.71. The van der Waals surface area contributed by atoms with Crippen LogP contribution in [-0.4, -0.2) is 9.97 Å². The summed E-state index contributed by atoms with van der Waals surface area (Å²) < 4.78 is -1.62. The first-order valence-electron chi connectivity index (χ1n) is 3.54. The monoisotopic (exact) mass is 258 g/mol. The van der Waals surface area contributed by atoms with Gasteiger partial charge in [0, 0.05) is 5.69 Å². The first kappa shape index (κ1) is 11.3. The van der Waals surface area contributed by atoms with Gasteiger partial charge in [0.05, 0.1) is 0 Å². The van der Waals surface area contributed by atoms with E-state index in [1.54, 1.807) is 6.07 Å². The van der Waals surface area contributed by atoms with Crippen LogP contribution in [0.15, 0.2) is 6.07 Å². The van der Waals surface area contributed by atoms with E-state index in [9.17, 15) is 0 Å². The molecule has 2 nitrogen and oxygen atoms in total. The molecule has 0 radical (unpaired) electrons. The Morgan fingerprint density at radius 3 is 2.38 bits per heavy atom. The highest BCUT2D eigenvalue weighted by Crippen LogP contribution is 2.36. The minimum absolute atomic E-state index is 0.113. The Morgan fingerprint density at radius 2 is 1.92 bits per heavy atom. The van der Waals surface area contributed by atoms with Crippen LogP contribution in [0, 0.1) is 0 Å². The molecule has 13 heavy (non-hydrogen) atoms. The van der Waals surface area contributed by atoms with Crippen molar-refractivity contribution in [1.29, 1.82) is 0 Å². The Bertz CT molecular complexity index is 308. The fourth-order valence-electron chi connectivity index (χ4n) is 0.772. The van der Waals surface area contributed by atoms with Crippen LogP contribution in [0.2, 0.25) is 5.15 Å². The number of rotatable bonds is 1. The third-order valence-corrected chi connectivity index (χ3v) is 2.06. The van der Waals surface area contributed by atoms with Gasteiger partial charge < -0.3 is 0 Å². The van der Waals surface area contributed by atoms with Crippen LogP contribution in [0.4, 0.5) is 0 Å². The summed E-state index contributed by atoms with van der Waals surface area (Å²) in [5.74, 6) is 0.113. The van der Waals surface area contributed by atoms with Gasteiger partial charge in [-0.2, -0.15) is 0 Å². The minimum Gasteiger partial charge on any atom is -0.234 e. The molecule has 1 aromatic rings. The summed E-state index contributed by atoms with van der Waals surface area (Å²) in [6.07, 6.45) is 0.718. The molecule has 1 heterocycles. The molecule has 0 aromatic carbocycles. The van der Waals surface area contributed by atoms with Crippen molar-refractivity contribution in [2.45, 2.75) is 17.1 Å². The van der Waals surface area contributed by atoms with E-state index in [-0.39, 0.29) is 11.0 Å². The normalized spacial score (nSPS) is 11.8. The topological polar surface area (TPSA) is 25.8 Å². The van der Waals surface area contributed by atoms with E-state index in [2.05, 4.69) is 9.97 Å². The fraction of sp³-hybridized carbons (Fsp3) is 0.429. The van der Waals surface area contributed by atoms with Gasteiger partial charge in [-0.25, -0.2) is 9.97 Å². The van der Waals surface area contributed by atoms with Crippen molar-refractivity contribution in [2.75, 3.05) is 0 Å². The second-order valence-corrected chi connectivity index (χ2v) is 5.03. The molecule has 0 N–H and O–H groups in total. The van der Waals surface area contributed by atoms with Crippen molar-refractivity contribution >= 4 is 46.4 Å². The van der Waals surface area contributed by atoms with E-state index in [4.69, 9.17) is 46.4 Å². The summed E-state index contributed by atoms with van der Waals surface area (Å²) in [6, 6.07) is 1.64. The van der Waals surface area contributed by atoms with Crippen molar-refractivity contribution in [3.63, 3.8) is 0 Å². The summed E-state index contributed by atoms with van der Waals surface area (Å²) in [6.45, 7) is 1.93. The molecule has 0 aliphatic heterocycles. The maximum atomic E-state index is 5.71. The van der Waals surface area contributed by atoms with E-state index in [1.165, 1.54) is 0 Å². The minimum atomic E-state index is -1.62. The SMILES string of the molecule is CCc1cc(Cl)nc(C(Cl)(Cl)Cl)n1. The Kier molecular flexibility index (Phi) is 3.64. The third-order valence-electron chi connectivity index (χ3n) is 1.36. The first-order chi connectivity index (χ1) is 5.93. The maximum absolute atomic E-state index is 5.71. The molecule has 0 saturated heterocycles. The van der Waals surface area contributed by atoms with Crippen LogP contribution in [0.25, 0.3) is 0 Å². The number of halogens is 4. The Balaban J connectivity index is 3.16. The smallest absolute Gasteiger partial charge is 0.234 e. The lowest BCUT2D eigenvalue weighted by atomic mass is 10.3. The predicted molar refractivity (Wildman–Crippen MR) is 55.7 cm³/mol. The summed E-state index contributed by atoms with van der Waals surface area (Å²) >= 11 is 22.5. The molecular weight excluding hydrogens is 254 g/mol. The van der Waals surface area contributed by atoms with Crippen molar-refractivity contribution in [3.8, 4) is 0 Å². The molecule has 0 bridgehead atoms. The van der Waals surface area contributed by atoms with Crippen LogP contribution in [-0.2, 0) is 10.2 Å². The predicted octanol–water partition coefficient (Wildman–Crippen LogP) is 3.52. The molecule has 6 heteroatoms. The molecule has 72 valence electrons. The van der Waals surface area contributed by atoms with E-state index < -0.39 is 3.79 Å². The second-order valence-electron chi connectivity index (χ2n) is 2.36. The molecule has 0 aliphatic rings. The van der Waals surface area contributed by atoms with E-state index in [1.807, 2.05) is 6.92 Å².